The fraction of sp³-hybridized carbons (Fsp3) is 0.625. The molecule has 0 aromatic carbocycles. The Morgan fingerprint density at radius 3 is 2.82 bits per heavy atom. The van der Waals surface area contributed by atoms with Crippen LogP contribution < -0.4 is 10.6 Å². The number of alkyl halides is 2. The van der Waals surface area contributed by atoms with E-state index in [-0.39, 0.29) is 34.4 Å². The van der Waals surface area contributed by atoms with E-state index >= 15 is 0 Å². The molecule has 0 bridgehead atoms. The Balaban J connectivity index is 0.00000144. The summed E-state index contributed by atoms with van der Waals surface area (Å²) >= 11 is 0.704. The van der Waals surface area contributed by atoms with E-state index in [1.54, 1.807) is 0 Å². The van der Waals surface area contributed by atoms with Crippen LogP contribution in [0.5, 0.6) is 0 Å². The Morgan fingerprint density at radius 2 is 2.29 bits per heavy atom. The highest BCUT2D eigenvalue weighted by atomic mass is 35.5. The number of rotatable bonds is 3. The number of aromatic nitrogens is 2. The highest BCUT2D eigenvalue weighted by molar-refractivity contribution is 7.15. The van der Waals surface area contributed by atoms with Gasteiger partial charge in [0.2, 0.25) is 11.0 Å². The van der Waals surface area contributed by atoms with Gasteiger partial charge in [-0.15, -0.1) is 22.6 Å². The van der Waals surface area contributed by atoms with E-state index in [0.29, 0.717) is 17.9 Å². The summed E-state index contributed by atoms with van der Waals surface area (Å²) in [7, 11) is 0. The van der Waals surface area contributed by atoms with E-state index in [1.165, 1.54) is 0 Å². The van der Waals surface area contributed by atoms with Crippen molar-refractivity contribution in [2.45, 2.75) is 12.8 Å². The number of nitrogens with zero attached hydrogens (tertiary/aromatic N) is 2. The van der Waals surface area contributed by atoms with E-state index < -0.39 is 6.43 Å². The maximum absolute atomic E-state index is 12.2. The SMILES string of the molecule is Cl.O=C(Nc1nnc(C(F)F)s1)C1CCNC1. The van der Waals surface area contributed by atoms with E-state index in [9.17, 15) is 13.6 Å². The first kappa shape index (κ1) is 14.2. The van der Waals surface area contributed by atoms with Gasteiger partial charge in [-0.25, -0.2) is 8.78 Å². The third-order valence-electron chi connectivity index (χ3n) is 2.29. The lowest BCUT2D eigenvalue weighted by Crippen LogP contribution is -2.24. The van der Waals surface area contributed by atoms with Crippen LogP contribution in [0.4, 0.5) is 13.9 Å². The quantitative estimate of drug-likeness (QED) is 0.881. The largest absolute Gasteiger partial charge is 0.316 e. The second kappa shape index (κ2) is 6.18. The van der Waals surface area contributed by atoms with Crippen molar-refractivity contribution in [2.24, 2.45) is 5.92 Å². The zero-order chi connectivity index (χ0) is 11.5. The Labute approximate surface area is 106 Å². The van der Waals surface area contributed by atoms with Crippen LogP contribution in [0, 0.1) is 5.92 Å². The summed E-state index contributed by atoms with van der Waals surface area (Å²) in [5, 5.41) is 12.1. The molecule has 5 nitrogen and oxygen atoms in total. The van der Waals surface area contributed by atoms with E-state index in [4.69, 9.17) is 0 Å². The van der Waals surface area contributed by atoms with Gasteiger partial charge in [0.15, 0.2) is 5.01 Å². The van der Waals surface area contributed by atoms with Gasteiger partial charge in [0, 0.05) is 6.54 Å². The Bertz CT molecular complexity index is 383. The molecule has 0 radical (unpaired) electrons. The van der Waals surface area contributed by atoms with Gasteiger partial charge in [-0.3, -0.25) is 4.79 Å². The van der Waals surface area contributed by atoms with Crippen molar-refractivity contribution >= 4 is 34.8 Å². The Hall–Kier alpha value is -0.860. The zero-order valence-electron chi connectivity index (χ0n) is 8.65. The smallest absolute Gasteiger partial charge is 0.291 e. The van der Waals surface area contributed by atoms with Crippen LogP contribution in [0.25, 0.3) is 0 Å². The summed E-state index contributed by atoms with van der Waals surface area (Å²) in [6.45, 7) is 1.42. The van der Waals surface area contributed by atoms with Crippen LogP contribution in [0.1, 0.15) is 17.9 Å². The predicted molar refractivity (Wildman–Crippen MR) is 61.7 cm³/mol. The summed E-state index contributed by atoms with van der Waals surface area (Å²) in [6.07, 6.45) is -1.89. The molecule has 0 saturated carbocycles. The van der Waals surface area contributed by atoms with Crippen LogP contribution in [0.2, 0.25) is 0 Å². The average Bonchev–Trinajstić information content (AvgIpc) is 2.87. The first-order valence-electron chi connectivity index (χ1n) is 4.80. The summed E-state index contributed by atoms with van der Waals surface area (Å²) in [5.41, 5.74) is 0. The maximum atomic E-state index is 12.2. The molecule has 1 aliphatic heterocycles. The normalized spacial score (nSPS) is 19.1. The molecular weight excluding hydrogens is 274 g/mol. The summed E-state index contributed by atoms with van der Waals surface area (Å²) in [4.78, 5) is 11.6. The molecule has 2 heterocycles. The molecule has 1 aromatic heterocycles. The molecule has 96 valence electrons. The van der Waals surface area contributed by atoms with Gasteiger partial charge in [0.25, 0.3) is 6.43 Å². The number of nitrogens with one attached hydrogen (secondary N) is 2. The summed E-state index contributed by atoms with van der Waals surface area (Å²) in [5.74, 6) is -0.305. The minimum absolute atomic E-state index is 0. The fourth-order valence-electron chi connectivity index (χ4n) is 1.46. The molecule has 17 heavy (non-hydrogen) atoms. The van der Waals surface area contributed by atoms with Gasteiger partial charge in [-0.05, 0) is 13.0 Å². The zero-order valence-corrected chi connectivity index (χ0v) is 10.3. The summed E-state index contributed by atoms with van der Waals surface area (Å²) in [6, 6.07) is 0. The topological polar surface area (TPSA) is 66.9 Å². The molecule has 1 saturated heterocycles. The molecule has 2 N–H and O–H groups in total. The van der Waals surface area contributed by atoms with Gasteiger partial charge in [0.05, 0.1) is 5.92 Å². The lowest BCUT2D eigenvalue weighted by Gasteiger charge is -2.05. The van der Waals surface area contributed by atoms with Gasteiger partial charge in [-0.2, -0.15) is 0 Å². The molecule has 1 unspecified atom stereocenters. The standard InChI is InChI=1S/C8H10F2N4OS.ClH/c9-5(10)7-13-14-8(16-7)12-6(15)4-1-2-11-3-4;/h4-5,11H,1-3H2,(H,12,14,15);1H. The van der Waals surface area contributed by atoms with E-state index in [1.807, 2.05) is 0 Å². The molecule has 1 aliphatic rings. The molecule has 1 aromatic rings. The van der Waals surface area contributed by atoms with Gasteiger partial charge in [0.1, 0.15) is 0 Å². The fourth-order valence-corrected chi connectivity index (χ4v) is 2.06. The van der Waals surface area contributed by atoms with Crippen LogP contribution in [0.3, 0.4) is 0 Å². The van der Waals surface area contributed by atoms with Crippen LogP contribution in [0.15, 0.2) is 0 Å². The van der Waals surface area contributed by atoms with E-state index in [2.05, 4.69) is 20.8 Å². The van der Waals surface area contributed by atoms with Crippen molar-refractivity contribution in [2.75, 3.05) is 18.4 Å². The number of halogens is 3. The van der Waals surface area contributed by atoms with Crippen molar-refractivity contribution in [1.29, 1.82) is 0 Å². The molecule has 2 rings (SSSR count). The number of hydrogen-bond acceptors (Lipinski definition) is 5. The number of carbonyl (C=O) groups is 1. The number of amides is 1. The minimum Gasteiger partial charge on any atom is -0.316 e. The second-order valence-corrected chi connectivity index (χ2v) is 4.43. The minimum atomic E-state index is -2.64. The highest BCUT2D eigenvalue weighted by Gasteiger charge is 2.24. The second-order valence-electron chi connectivity index (χ2n) is 3.43. The third kappa shape index (κ3) is 3.55. The van der Waals surface area contributed by atoms with Crippen molar-refractivity contribution in [3.63, 3.8) is 0 Å². The molecular formula is C8H11ClF2N4OS. The predicted octanol–water partition coefficient (Wildman–Crippen LogP) is 1.45. The monoisotopic (exact) mass is 284 g/mol. The number of carbonyl (C=O) groups excluding carboxylic acids is 1. The molecule has 0 spiro atoms. The highest BCUT2D eigenvalue weighted by Crippen LogP contribution is 2.25. The van der Waals surface area contributed by atoms with Gasteiger partial charge in [-0.1, -0.05) is 11.3 Å². The van der Waals surface area contributed by atoms with Crippen LogP contribution in [-0.2, 0) is 4.79 Å². The van der Waals surface area contributed by atoms with Gasteiger partial charge < -0.3 is 10.6 Å². The Kier molecular flexibility index (Phi) is 5.16. The lowest BCUT2D eigenvalue weighted by atomic mass is 10.1. The first-order valence-corrected chi connectivity index (χ1v) is 5.61. The molecule has 1 amide bonds. The lowest BCUT2D eigenvalue weighted by molar-refractivity contribution is -0.119. The van der Waals surface area contributed by atoms with Crippen molar-refractivity contribution in [3.05, 3.63) is 5.01 Å². The van der Waals surface area contributed by atoms with Crippen molar-refractivity contribution in [3.8, 4) is 0 Å². The average molecular weight is 285 g/mol. The number of hydrogen-bond donors (Lipinski definition) is 2. The van der Waals surface area contributed by atoms with Crippen LogP contribution in [-0.4, -0.2) is 29.2 Å². The Morgan fingerprint density at radius 1 is 1.53 bits per heavy atom. The molecule has 1 atom stereocenters. The van der Waals surface area contributed by atoms with Gasteiger partial charge >= 0.3 is 0 Å². The van der Waals surface area contributed by atoms with E-state index in [0.717, 1.165) is 13.0 Å². The molecule has 1 fully saturated rings. The van der Waals surface area contributed by atoms with Crippen LogP contribution >= 0.6 is 23.7 Å². The maximum Gasteiger partial charge on any atom is 0.291 e. The number of anilines is 1. The molecule has 9 heteroatoms. The summed E-state index contributed by atoms with van der Waals surface area (Å²) < 4.78 is 24.4. The van der Waals surface area contributed by atoms with Crippen molar-refractivity contribution < 1.29 is 13.6 Å². The third-order valence-corrected chi connectivity index (χ3v) is 3.13. The molecule has 0 aliphatic carbocycles. The first-order chi connectivity index (χ1) is 7.66. The van der Waals surface area contributed by atoms with Crippen molar-refractivity contribution in [1.82, 2.24) is 15.5 Å².